The van der Waals surface area contributed by atoms with Crippen LogP contribution >= 0.6 is 15.9 Å². The molecule has 1 aliphatic rings. The van der Waals surface area contributed by atoms with Gasteiger partial charge in [-0.05, 0) is 35.2 Å². The van der Waals surface area contributed by atoms with Crippen LogP contribution in [0.4, 0.5) is 5.95 Å². The van der Waals surface area contributed by atoms with Crippen molar-refractivity contribution in [1.82, 2.24) is 9.97 Å². The maximum Gasteiger partial charge on any atom is 0.222 e. The number of sulfone groups is 1. The number of halogens is 1. The van der Waals surface area contributed by atoms with Crippen molar-refractivity contribution in [3.05, 3.63) is 16.9 Å². The Hall–Kier alpha value is -0.690. The molecular weight excluding hydrogens is 318 g/mol. The zero-order valence-electron chi connectivity index (χ0n) is 10.1. The molecule has 1 N–H and O–H groups in total. The molecule has 0 bridgehead atoms. The van der Waals surface area contributed by atoms with Crippen LogP contribution in [0, 0.1) is 0 Å². The van der Waals surface area contributed by atoms with E-state index in [9.17, 15) is 8.42 Å². The van der Waals surface area contributed by atoms with Crippen LogP contribution in [0.3, 0.4) is 0 Å². The molecule has 2 atom stereocenters. The van der Waals surface area contributed by atoms with Crippen LogP contribution in [-0.4, -0.2) is 35.9 Å². The maximum atomic E-state index is 11.6. The van der Waals surface area contributed by atoms with E-state index in [1.807, 2.05) is 0 Å². The first kappa shape index (κ1) is 13.7. The van der Waals surface area contributed by atoms with Gasteiger partial charge in [0, 0.05) is 24.7 Å². The number of nitrogens with zero attached hydrogens (tertiary/aromatic N) is 2. The van der Waals surface area contributed by atoms with E-state index >= 15 is 0 Å². The molecule has 100 valence electrons. The van der Waals surface area contributed by atoms with Gasteiger partial charge in [-0.3, -0.25) is 0 Å². The lowest BCUT2D eigenvalue weighted by molar-refractivity contribution is 0.451. The molecule has 1 aromatic rings. The molecule has 0 aliphatic heterocycles. The Balaban J connectivity index is 2.00. The van der Waals surface area contributed by atoms with Gasteiger partial charge < -0.3 is 5.32 Å². The van der Waals surface area contributed by atoms with E-state index in [2.05, 4.69) is 31.2 Å². The first-order valence-corrected chi connectivity index (χ1v) is 8.63. The van der Waals surface area contributed by atoms with Crippen LogP contribution in [0.5, 0.6) is 0 Å². The van der Waals surface area contributed by atoms with Crippen molar-refractivity contribution >= 4 is 31.7 Å². The summed E-state index contributed by atoms with van der Waals surface area (Å²) in [7, 11) is -2.95. The third-order valence-corrected chi connectivity index (χ3v) is 5.23. The Morgan fingerprint density at radius 1 is 1.33 bits per heavy atom. The van der Waals surface area contributed by atoms with Crippen molar-refractivity contribution in [3.8, 4) is 0 Å². The predicted octanol–water partition coefficient (Wildman–Crippen LogP) is 2.01. The summed E-state index contributed by atoms with van der Waals surface area (Å²) in [6.07, 6.45) is 7.95. The standard InChI is InChI=1S/C11H16BrN3O2S/c1-18(16,17)10-4-2-3-9(5-10)15-11-13-6-8(12)7-14-11/h6-7,9-10H,2-5H2,1H3,(H,13,14,15). The highest BCUT2D eigenvalue weighted by Crippen LogP contribution is 2.25. The fourth-order valence-electron chi connectivity index (χ4n) is 2.23. The molecule has 1 fully saturated rings. The average molecular weight is 334 g/mol. The van der Waals surface area contributed by atoms with Gasteiger partial charge in [-0.15, -0.1) is 0 Å². The van der Waals surface area contributed by atoms with E-state index in [4.69, 9.17) is 0 Å². The summed E-state index contributed by atoms with van der Waals surface area (Å²) < 4.78 is 24.0. The van der Waals surface area contributed by atoms with Gasteiger partial charge >= 0.3 is 0 Å². The average Bonchev–Trinajstić information content (AvgIpc) is 2.31. The van der Waals surface area contributed by atoms with E-state index in [1.54, 1.807) is 12.4 Å². The molecule has 0 saturated heterocycles. The summed E-state index contributed by atoms with van der Waals surface area (Å²) in [5, 5.41) is 2.97. The maximum absolute atomic E-state index is 11.6. The Kier molecular flexibility index (Phi) is 4.21. The van der Waals surface area contributed by atoms with Crippen LogP contribution in [-0.2, 0) is 9.84 Å². The number of rotatable bonds is 3. The topological polar surface area (TPSA) is 72.0 Å². The van der Waals surface area contributed by atoms with Crippen molar-refractivity contribution in [2.45, 2.75) is 37.0 Å². The van der Waals surface area contributed by atoms with Crippen LogP contribution in [0.15, 0.2) is 16.9 Å². The SMILES string of the molecule is CS(=O)(=O)C1CCCC(Nc2ncc(Br)cn2)C1. The van der Waals surface area contributed by atoms with Gasteiger partial charge in [0.1, 0.15) is 9.84 Å². The lowest BCUT2D eigenvalue weighted by atomic mass is 9.95. The number of nitrogens with one attached hydrogen (secondary N) is 1. The zero-order valence-corrected chi connectivity index (χ0v) is 12.5. The highest BCUT2D eigenvalue weighted by molar-refractivity contribution is 9.10. The summed E-state index contributed by atoms with van der Waals surface area (Å²) in [4.78, 5) is 8.28. The van der Waals surface area contributed by atoms with Crippen molar-refractivity contribution in [3.63, 3.8) is 0 Å². The lowest BCUT2D eigenvalue weighted by Crippen LogP contribution is -2.34. The molecule has 1 heterocycles. The molecule has 2 unspecified atom stereocenters. The Morgan fingerprint density at radius 3 is 2.61 bits per heavy atom. The fraction of sp³-hybridized carbons (Fsp3) is 0.636. The van der Waals surface area contributed by atoms with E-state index in [0.717, 1.165) is 23.7 Å². The molecule has 7 heteroatoms. The van der Waals surface area contributed by atoms with Crippen LogP contribution in [0.1, 0.15) is 25.7 Å². The van der Waals surface area contributed by atoms with E-state index in [0.29, 0.717) is 12.4 Å². The Morgan fingerprint density at radius 2 is 2.00 bits per heavy atom. The van der Waals surface area contributed by atoms with Gasteiger partial charge in [-0.25, -0.2) is 18.4 Å². The molecule has 0 spiro atoms. The normalized spacial score (nSPS) is 24.8. The molecule has 0 amide bonds. The van der Waals surface area contributed by atoms with Gasteiger partial charge in [-0.1, -0.05) is 6.42 Å². The second-order valence-electron chi connectivity index (χ2n) is 4.68. The van der Waals surface area contributed by atoms with Crippen molar-refractivity contribution in [2.24, 2.45) is 0 Å². The molecule has 1 saturated carbocycles. The number of aromatic nitrogens is 2. The monoisotopic (exact) mass is 333 g/mol. The van der Waals surface area contributed by atoms with Gasteiger partial charge in [0.05, 0.1) is 9.72 Å². The summed E-state index contributed by atoms with van der Waals surface area (Å²) >= 11 is 3.27. The Bertz CT molecular complexity index is 504. The van der Waals surface area contributed by atoms with Gasteiger partial charge in [-0.2, -0.15) is 0 Å². The molecule has 0 radical (unpaired) electrons. The largest absolute Gasteiger partial charge is 0.351 e. The third-order valence-electron chi connectivity index (χ3n) is 3.19. The lowest BCUT2D eigenvalue weighted by Gasteiger charge is -2.28. The first-order chi connectivity index (χ1) is 8.45. The zero-order chi connectivity index (χ0) is 13.2. The fourth-order valence-corrected chi connectivity index (χ4v) is 3.62. The number of anilines is 1. The summed E-state index contributed by atoms with van der Waals surface area (Å²) in [5.74, 6) is 0.553. The second-order valence-corrected chi connectivity index (χ2v) is 7.93. The number of hydrogen-bond donors (Lipinski definition) is 1. The molecule has 2 rings (SSSR count). The van der Waals surface area contributed by atoms with E-state index in [1.165, 1.54) is 6.26 Å². The van der Waals surface area contributed by atoms with Gasteiger partial charge in [0.25, 0.3) is 0 Å². The highest BCUT2D eigenvalue weighted by Gasteiger charge is 2.29. The van der Waals surface area contributed by atoms with Crippen LogP contribution in [0.2, 0.25) is 0 Å². The number of hydrogen-bond acceptors (Lipinski definition) is 5. The minimum atomic E-state index is -2.95. The van der Waals surface area contributed by atoms with Crippen molar-refractivity contribution in [2.75, 3.05) is 11.6 Å². The van der Waals surface area contributed by atoms with Crippen LogP contribution in [0.25, 0.3) is 0 Å². The third kappa shape index (κ3) is 3.65. The van der Waals surface area contributed by atoms with Crippen LogP contribution < -0.4 is 5.32 Å². The van der Waals surface area contributed by atoms with Crippen molar-refractivity contribution < 1.29 is 8.42 Å². The quantitative estimate of drug-likeness (QED) is 0.915. The minimum absolute atomic E-state index is 0.139. The molecule has 1 aromatic heterocycles. The first-order valence-electron chi connectivity index (χ1n) is 5.88. The summed E-state index contributed by atoms with van der Waals surface area (Å²) in [6.45, 7) is 0. The smallest absolute Gasteiger partial charge is 0.222 e. The summed E-state index contributed by atoms with van der Waals surface area (Å²) in [6, 6.07) is 0.139. The predicted molar refractivity (Wildman–Crippen MR) is 74.2 cm³/mol. The van der Waals surface area contributed by atoms with Gasteiger partial charge in [0.15, 0.2) is 0 Å². The van der Waals surface area contributed by atoms with E-state index in [-0.39, 0.29) is 11.3 Å². The molecule has 0 aromatic carbocycles. The van der Waals surface area contributed by atoms with Gasteiger partial charge in [0.2, 0.25) is 5.95 Å². The summed E-state index contributed by atoms with van der Waals surface area (Å²) in [5.41, 5.74) is 0. The van der Waals surface area contributed by atoms with Crippen molar-refractivity contribution in [1.29, 1.82) is 0 Å². The second kappa shape index (κ2) is 5.52. The minimum Gasteiger partial charge on any atom is -0.351 e. The highest BCUT2D eigenvalue weighted by atomic mass is 79.9. The molecule has 5 nitrogen and oxygen atoms in total. The van der Waals surface area contributed by atoms with E-state index < -0.39 is 9.84 Å². The Labute approximate surface area is 115 Å². The molecule has 18 heavy (non-hydrogen) atoms. The molecule has 1 aliphatic carbocycles. The molecular formula is C11H16BrN3O2S.